The molecule has 4 nitrogen and oxygen atoms in total. The summed E-state index contributed by atoms with van der Waals surface area (Å²) in [5, 5.41) is 3.32. The number of carbonyl (C=O) groups is 1. The normalized spacial score (nSPS) is 15.6. The monoisotopic (exact) mass is 492 g/mol. The van der Waals surface area contributed by atoms with E-state index in [2.05, 4.69) is 15.0 Å². The minimum Gasteiger partial charge on any atom is -0.428 e. The van der Waals surface area contributed by atoms with Crippen molar-refractivity contribution in [2.45, 2.75) is 37.3 Å². The van der Waals surface area contributed by atoms with Gasteiger partial charge in [-0.05, 0) is 36.6 Å². The van der Waals surface area contributed by atoms with Crippen LogP contribution >= 0.6 is 11.6 Å². The Balaban J connectivity index is 1.92. The van der Waals surface area contributed by atoms with Gasteiger partial charge in [-0.15, -0.1) is 0 Å². The molecule has 1 aliphatic rings. The molecule has 0 bridgehead atoms. The van der Waals surface area contributed by atoms with Gasteiger partial charge in [-0.1, -0.05) is 60.1 Å². The predicted molar refractivity (Wildman–Crippen MR) is 119 cm³/mol. The number of benzene rings is 2. The number of carbonyl (C=O) groups excluding carboxylic acids is 1. The second-order valence-corrected chi connectivity index (χ2v) is 8.59. The van der Waals surface area contributed by atoms with Gasteiger partial charge in [0.05, 0.1) is 10.7 Å². The number of nitrogens with zero attached hydrogens (tertiary/aromatic N) is 1. The third-order valence-electron chi connectivity index (χ3n) is 5.61. The second-order valence-electron chi connectivity index (χ2n) is 8.15. The Labute approximate surface area is 198 Å². The summed E-state index contributed by atoms with van der Waals surface area (Å²) >= 11 is 6.03. The largest absolute Gasteiger partial charge is 0.461 e. The lowest BCUT2D eigenvalue weighted by atomic mass is 9.79. The van der Waals surface area contributed by atoms with E-state index < -0.39 is 23.8 Å². The highest BCUT2D eigenvalue weighted by Gasteiger charge is 2.47. The molecule has 1 saturated carbocycles. The van der Waals surface area contributed by atoms with E-state index in [4.69, 9.17) is 11.6 Å². The van der Waals surface area contributed by atoms with Gasteiger partial charge in [-0.3, -0.25) is 9.78 Å². The molecule has 0 radical (unpaired) electrons. The van der Waals surface area contributed by atoms with E-state index in [-0.39, 0.29) is 23.8 Å². The van der Waals surface area contributed by atoms with E-state index in [9.17, 15) is 22.4 Å². The Hall–Kier alpha value is -3.13. The van der Waals surface area contributed by atoms with Crippen molar-refractivity contribution in [1.29, 1.82) is 0 Å². The quantitative estimate of drug-likeness (QED) is 0.374. The number of hydrogen-bond donors (Lipinski definition) is 1. The summed E-state index contributed by atoms with van der Waals surface area (Å²) in [6.45, 7) is 0. The first kappa shape index (κ1) is 24.0. The number of ether oxygens (including phenoxy) is 1. The standard InChI is InChI=1S/C25H21ClF4N2O2/c26-18-12-13-21(31-15-18)24(32-22(33)17-10-11-17,14-16-6-2-1-3-7-16)19-8-4-5-9-20(19)34-25(29,30)23(27)28/h1-9,12-13,15,17,23H,10-11,14H2,(H,32,33)/t24-/m0/s1. The molecule has 0 saturated heterocycles. The van der Waals surface area contributed by atoms with Gasteiger partial charge in [0.25, 0.3) is 0 Å². The molecule has 2 aromatic carbocycles. The fraction of sp³-hybridized carbons (Fsp3) is 0.280. The molecule has 3 aromatic rings. The Morgan fingerprint density at radius 2 is 1.74 bits per heavy atom. The number of nitrogens with one attached hydrogen (secondary N) is 1. The third-order valence-corrected chi connectivity index (χ3v) is 5.83. The number of pyridine rings is 1. The van der Waals surface area contributed by atoms with Crippen molar-refractivity contribution in [3.8, 4) is 5.75 Å². The van der Waals surface area contributed by atoms with Crippen molar-refractivity contribution >= 4 is 17.5 Å². The molecule has 1 atom stereocenters. The summed E-state index contributed by atoms with van der Waals surface area (Å²) in [7, 11) is 0. The summed E-state index contributed by atoms with van der Waals surface area (Å²) in [6.07, 6.45) is -5.91. The number of amides is 1. The minimum absolute atomic E-state index is 0.0722. The lowest BCUT2D eigenvalue weighted by molar-refractivity contribution is -0.253. The molecule has 1 N–H and O–H groups in total. The van der Waals surface area contributed by atoms with Gasteiger partial charge in [0.1, 0.15) is 11.3 Å². The molecular weight excluding hydrogens is 472 g/mol. The SMILES string of the molecule is O=C(N[C@](Cc1ccccc1)(c1ccc(Cl)cn1)c1ccccc1OC(F)(F)C(F)F)C1CC1. The van der Waals surface area contributed by atoms with E-state index in [0.29, 0.717) is 23.6 Å². The predicted octanol–water partition coefficient (Wildman–Crippen LogP) is 5.98. The Bertz CT molecular complexity index is 1140. The van der Waals surface area contributed by atoms with E-state index in [0.717, 1.165) is 5.56 Å². The molecule has 9 heteroatoms. The summed E-state index contributed by atoms with van der Waals surface area (Å²) in [4.78, 5) is 17.4. The van der Waals surface area contributed by atoms with Crippen molar-refractivity contribution in [3.63, 3.8) is 0 Å². The Morgan fingerprint density at radius 1 is 1.06 bits per heavy atom. The van der Waals surface area contributed by atoms with Crippen molar-refractivity contribution < 1.29 is 27.1 Å². The van der Waals surface area contributed by atoms with Crippen molar-refractivity contribution in [3.05, 3.63) is 94.8 Å². The first-order valence-corrected chi connectivity index (χ1v) is 11.0. The second kappa shape index (κ2) is 9.62. The van der Waals surface area contributed by atoms with Crippen LogP contribution in [0.3, 0.4) is 0 Å². The summed E-state index contributed by atoms with van der Waals surface area (Å²) in [5.74, 6) is -1.00. The van der Waals surface area contributed by atoms with Crippen LogP contribution in [-0.2, 0) is 16.8 Å². The van der Waals surface area contributed by atoms with Gasteiger partial charge in [0.15, 0.2) is 0 Å². The van der Waals surface area contributed by atoms with Gasteiger partial charge in [0, 0.05) is 24.1 Å². The van der Waals surface area contributed by atoms with Gasteiger partial charge in [-0.2, -0.15) is 17.6 Å². The summed E-state index contributed by atoms with van der Waals surface area (Å²) < 4.78 is 58.5. The first-order chi connectivity index (χ1) is 16.2. The van der Waals surface area contributed by atoms with Crippen molar-refractivity contribution in [2.75, 3.05) is 0 Å². The Morgan fingerprint density at radius 3 is 2.35 bits per heavy atom. The van der Waals surface area contributed by atoms with Crippen LogP contribution in [0.2, 0.25) is 5.02 Å². The van der Waals surface area contributed by atoms with E-state index >= 15 is 0 Å². The molecule has 178 valence electrons. The van der Waals surface area contributed by atoms with E-state index in [1.165, 1.54) is 24.4 Å². The van der Waals surface area contributed by atoms with Gasteiger partial charge in [-0.25, -0.2) is 0 Å². The average Bonchev–Trinajstić information content (AvgIpc) is 3.65. The average molecular weight is 493 g/mol. The fourth-order valence-electron chi connectivity index (χ4n) is 3.79. The highest BCUT2D eigenvalue weighted by molar-refractivity contribution is 6.30. The number of halogens is 5. The molecule has 4 rings (SSSR count). The van der Waals surface area contributed by atoms with Gasteiger partial charge < -0.3 is 10.1 Å². The third kappa shape index (κ3) is 5.17. The van der Waals surface area contributed by atoms with Gasteiger partial charge >= 0.3 is 12.5 Å². The molecule has 1 aromatic heterocycles. The number of aromatic nitrogens is 1. The molecule has 1 heterocycles. The van der Waals surface area contributed by atoms with Crippen LogP contribution in [0.1, 0.15) is 29.7 Å². The van der Waals surface area contributed by atoms with Crippen molar-refractivity contribution in [1.82, 2.24) is 10.3 Å². The molecule has 34 heavy (non-hydrogen) atoms. The molecule has 1 amide bonds. The minimum atomic E-state index is -4.73. The topological polar surface area (TPSA) is 51.2 Å². The summed E-state index contributed by atoms with van der Waals surface area (Å²) in [5.41, 5.74) is -0.375. The maximum atomic E-state index is 14.0. The molecule has 0 spiro atoms. The highest BCUT2D eigenvalue weighted by atomic mass is 35.5. The molecule has 0 aliphatic heterocycles. The smallest absolute Gasteiger partial charge is 0.428 e. The van der Waals surface area contributed by atoms with Crippen LogP contribution in [0.25, 0.3) is 0 Å². The van der Waals surface area contributed by atoms with Crippen LogP contribution in [0.5, 0.6) is 5.75 Å². The molecule has 1 fully saturated rings. The van der Waals surface area contributed by atoms with Gasteiger partial charge in [0.2, 0.25) is 5.91 Å². The molecule has 1 aliphatic carbocycles. The van der Waals surface area contributed by atoms with Crippen LogP contribution in [0, 0.1) is 5.92 Å². The lowest BCUT2D eigenvalue weighted by Gasteiger charge is -2.37. The zero-order valence-electron chi connectivity index (χ0n) is 17.9. The molecular formula is C25H21ClF4N2O2. The van der Waals surface area contributed by atoms with E-state index in [1.54, 1.807) is 30.3 Å². The van der Waals surface area contributed by atoms with Crippen molar-refractivity contribution in [2.24, 2.45) is 5.92 Å². The maximum absolute atomic E-state index is 14.0. The van der Waals surface area contributed by atoms with Crippen LogP contribution < -0.4 is 10.1 Å². The number of para-hydroxylation sites is 1. The summed E-state index contributed by atoms with van der Waals surface area (Å²) in [6, 6.07) is 17.7. The van der Waals surface area contributed by atoms with E-state index in [1.807, 2.05) is 18.2 Å². The first-order valence-electron chi connectivity index (χ1n) is 10.6. The van der Waals surface area contributed by atoms with Crippen LogP contribution in [-0.4, -0.2) is 23.4 Å². The number of alkyl halides is 4. The number of rotatable bonds is 9. The highest BCUT2D eigenvalue weighted by Crippen LogP contribution is 2.42. The van der Waals surface area contributed by atoms with Crippen LogP contribution in [0.4, 0.5) is 17.6 Å². The zero-order valence-corrected chi connectivity index (χ0v) is 18.6. The lowest BCUT2D eigenvalue weighted by Crippen LogP contribution is -2.50. The number of hydrogen-bond acceptors (Lipinski definition) is 3. The fourth-order valence-corrected chi connectivity index (χ4v) is 3.90. The maximum Gasteiger partial charge on any atom is 0.461 e. The Kier molecular flexibility index (Phi) is 6.79. The zero-order chi connectivity index (χ0) is 24.3. The van der Waals surface area contributed by atoms with Crippen LogP contribution in [0.15, 0.2) is 72.9 Å². The molecule has 0 unspecified atom stereocenters.